The lowest BCUT2D eigenvalue weighted by Crippen LogP contribution is -2.10. The van der Waals surface area contributed by atoms with E-state index in [1.165, 1.54) is 6.33 Å². The quantitative estimate of drug-likeness (QED) is 0.734. The van der Waals surface area contributed by atoms with Crippen LogP contribution in [-0.4, -0.2) is 23.0 Å². The standard InChI is InChI=1S/C8H9ClF2N2O/c1-2-5-7(9)12-4-13-8(5)14-3-6(10)11/h4,6H,2-3H2,1H3. The van der Waals surface area contributed by atoms with Gasteiger partial charge in [-0.2, -0.15) is 0 Å². The molecule has 0 saturated carbocycles. The first-order valence-electron chi connectivity index (χ1n) is 4.05. The van der Waals surface area contributed by atoms with Crippen molar-refractivity contribution in [2.75, 3.05) is 6.61 Å². The van der Waals surface area contributed by atoms with E-state index < -0.39 is 13.0 Å². The Morgan fingerprint density at radius 3 is 2.79 bits per heavy atom. The average molecular weight is 223 g/mol. The van der Waals surface area contributed by atoms with Crippen molar-refractivity contribution < 1.29 is 13.5 Å². The Morgan fingerprint density at radius 1 is 1.50 bits per heavy atom. The lowest BCUT2D eigenvalue weighted by Gasteiger charge is -2.08. The smallest absolute Gasteiger partial charge is 0.272 e. The highest BCUT2D eigenvalue weighted by Crippen LogP contribution is 2.22. The third-order valence-electron chi connectivity index (χ3n) is 1.55. The van der Waals surface area contributed by atoms with Crippen molar-refractivity contribution in [2.45, 2.75) is 19.8 Å². The van der Waals surface area contributed by atoms with Gasteiger partial charge in [-0.1, -0.05) is 18.5 Å². The lowest BCUT2D eigenvalue weighted by atomic mass is 10.2. The summed E-state index contributed by atoms with van der Waals surface area (Å²) < 4.78 is 28.5. The summed E-state index contributed by atoms with van der Waals surface area (Å²) >= 11 is 5.73. The Balaban J connectivity index is 2.80. The molecule has 14 heavy (non-hydrogen) atoms. The van der Waals surface area contributed by atoms with Crippen LogP contribution in [-0.2, 0) is 6.42 Å². The van der Waals surface area contributed by atoms with E-state index in [2.05, 4.69) is 9.97 Å². The molecule has 0 aliphatic carbocycles. The summed E-state index contributed by atoms with van der Waals surface area (Å²) in [6, 6.07) is 0. The van der Waals surface area contributed by atoms with Crippen LogP contribution in [0.5, 0.6) is 5.88 Å². The Hall–Kier alpha value is -0.970. The number of rotatable bonds is 4. The highest BCUT2D eigenvalue weighted by molar-refractivity contribution is 6.30. The first-order chi connectivity index (χ1) is 6.65. The number of nitrogens with zero attached hydrogens (tertiary/aromatic N) is 2. The maximum Gasteiger partial charge on any atom is 0.272 e. The molecule has 0 aromatic carbocycles. The predicted octanol–water partition coefficient (Wildman–Crippen LogP) is 2.34. The van der Waals surface area contributed by atoms with Gasteiger partial charge in [0.2, 0.25) is 5.88 Å². The zero-order valence-electron chi connectivity index (χ0n) is 7.51. The summed E-state index contributed by atoms with van der Waals surface area (Å²) in [5.74, 6) is 0.132. The van der Waals surface area contributed by atoms with E-state index in [1.54, 1.807) is 0 Å². The van der Waals surface area contributed by atoms with Gasteiger partial charge >= 0.3 is 0 Å². The zero-order valence-corrected chi connectivity index (χ0v) is 8.26. The minimum Gasteiger partial charge on any atom is -0.471 e. The summed E-state index contributed by atoms with van der Waals surface area (Å²) in [7, 11) is 0. The van der Waals surface area contributed by atoms with Crippen LogP contribution in [0.4, 0.5) is 8.78 Å². The monoisotopic (exact) mass is 222 g/mol. The first kappa shape index (κ1) is 11.1. The highest BCUT2D eigenvalue weighted by atomic mass is 35.5. The van der Waals surface area contributed by atoms with Crippen LogP contribution in [0, 0.1) is 0 Å². The molecular weight excluding hydrogens is 214 g/mol. The molecule has 6 heteroatoms. The van der Waals surface area contributed by atoms with Crippen molar-refractivity contribution in [1.82, 2.24) is 9.97 Å². The lowest BCUT2D eigenvalue weighted by molar-refractivity contribution is 0.0790. The summed E-state index contributed by atoms with van der Waals surface area (Å²) in [6.45, 7) is 1.14. The van der Waals surface area contributed by atoms with Crippen molar-refractivity contribution in [3.05, 3.63) is 17.0 Å². The molecule has 0 bridgehead atoms. The number of halogens is 3. The normalized spacial score (nSPS) is 10.6. The van der Waals surface area contributed by atoms with Crippen LogP contribution in [0.1, 0.15) is 12.5 Å². The van der Waals surface area contributed by atoms with Gasteiger partial charge in [-0.05, 0) is 6.42 Å². The summed E-state index contributed by atoms with van der Waals surface area (Å²) in [4.78, 5) is 7.46. The van der Waals surface area contributed by atoms with Crippen molar-refractivity contribution in [3.8, 4) is 5.88 Å². The third kappa shape index (κ3) is 2.77. The van der Waals surface area contributed by atoms with E-state index in [-0.39, 0.29) is 11.0 Å². The molecule has 0 spiro atoms. The zero-order chi connectivity index (χ0) is 10.6. The minimum absolute atomic E-state index is 0.132. The van der Waals surface area contributed by atoms with E-state index in [9.17, 15) is 8.78 Å². The van der Waals surface area contributed by atoms with Gasteiger partial charge in [-0.15, -0.1) is 0 Å². The van der Waals surface area contributed by atoms with Gasteiger partial charge in [-0.3, -0.25) is 0 Å². The highest BCUT2D eigenvalue weighted by Gasteiger charge is 2.11. The molecule has 1 rings (SSSR count). The number of hydrogen-bond acceptors (Lipinski definition) is 3. The summed E-state index contributed by atoms with van der Waals surface area (Å²) in [6.07, 6.45) is -0.797. The van der Waals surface area contributed by atoms with Gasteiger partial charge in [0.15, 0.2) is 6.61 Å². The number of ether oxygens (including phenoxy) is 1. The summed E-state index contributed by atoms with van der Waals surface area (Å²) in [5, 5.41) is 0.242. The van der Waals surface area contributed by atoms with E-state index in [1.807, 2.05) is 6.92 Å². The molecule has 1 aromatic heterocycles. The van der Waals surface area contributed by atoms with Gasteiger partial charge in [0.25, 0.3) is 6.43 Å². The molecule has 1 aromatic rings. The van der Waals surface area contributed by atoms with Gasteiger partial charge in [-0.25, -0.2) is 18.7 Å². The van der Waals surface area contributed by atoms with Crippen molar-refractivity contribution in [2.24, 2.45) is 0 Å². The summed E-state index contributed by atoms with van der Waals surface area (Å²) in [5.41, 5.74) is 0.551. The van der Waals surface area contributed by atoms with Crippen LogP contribution < -0.4 is 4.74 Å². The Labute approximate surface area is 85.1 Å². The number of alkyl halides is 2. The second kappa shape index (κ2) is 5.05. The molecule has 0 amide bonds. The van der Waals surface area contributed by atoms with Gasteiger partial charge in [0.1, 0.15) is 11.5 Å². The van der Waals surface area contributed by atoms with Crippen molar-refractivity contribution in [1.29, 1.82) is 0 Å². The van der Waals surface area contributed by atoms with Crippen LogP contribution in [0.3, 0.4) is 0 Å². The average Bonchev–Trinajstić information content (AvgIpc) is 2.14. The molecule has 1 heterocycles. The maximum atomic E-state index is 11.9. The molecule has 0 aliphatic rings. The topological polar surface area (TPSA) is 35.0 Å². The van der Waals surface area contributed by atoms with Crippen LogP contribution >= 0.6 is 11.6 Å². The largest absolute Gasteiger partial charge is 0.471 e. The minimum atomic E-state index is -2.52. The third-order valence-corrected chi connectivity index (χ3v) is 1.88. The number of hydrogen-bond donors (Lipinski definition) is 0. The molecule has 0 N–H and O–H groups in total. The van der Waals surface area contributed by atoms with Gasteiger partial charge in [0.05, 0.1) is 5.56 Å². The molecule has 3 nitrogen and oxygen atoms in total. The molecule has 0 unspecified atom stereocenters. The Kier molecular flexibility index (Phi) is 4.00. The molecule has 0 aliphatic heterocycles. The van der Waals surface area contributed by atoms with E-state index in [0.29, 0.717) is 12.0 Å². The fourth-order valence-electron chi connectivity index (χ4n) is 0.939. The maximum absolute atomic E-state index is 11.9. The van der Waals surface area contributed by atoms with Gasteiger partial charge < -0.3 is 4.74 Å². The van der Waals surface area contributed by atoms with Crippen LogP contribution in [0.25, 0.3) is 0 Å². The van der Waals surface area contributed by atoms with Crippen LogP contribution in [0.15, 0.2) is 6.33 Å². The van der Waals surface area contributed by atoms with Crippen molar-refractivity contribution >= 4 is 11.6 Å². The fraction of sp³-hybridized carbons (Fsp3) is 0.500. The van der Waals surface area contributed by atoms with Crippen LogP contribution in [0.2, 0.25) is 5.15 Å². The van der Waals surface area contributed by atoms with Crippen molar-refractivity contribution in [3.63, 3.8) is 0 Å². The molecule has 0 radical (unpaired) electrons. The second-order valence-corrected chi connectivity index (χ2v) is 2.86. The number of aromatic nitrogens is 2. The molecular formula is C8H9ClF2N2O. The molecule has 78 valence electrons. The molecule has 0 atom stereocenters. The first-order valence-corrected chi connectivity index (χ1v) is 4.43. The fourth-order valence-corrected chi connectivity index (χ4v) is 1.20. The molecule has 0 saturated heterocycles. The van der Waals surface area contributed by atoms with E-state index >= 15 is 0 Å². The predicted molar refractivity (Wildman–Crippen MR) is 47.9 cm³/mol. The SMILES string of the molecule is CCc1c(Cl)ncnc1OCC(F)F. The molecule has 0 fully saturated rings. The Morgan fingerprint density at radius 2 is 2.21 bits per heavy atom. The van der Waals surface area contributed by atoms with E-state index in [4.69, 9.17) is 16.3 Å². The van der Waals surface area contributed by atoms with Gasteiger partial charge in [0, 0.05) is 0 Å². The second-order valence-electron chi connectivity index (χ2n) is 2.50. The van der Waals surface area contributed by atoms with E-state index in [0.717, 1.165) is 0 Å². The Bertz CT molecular complexity index is 309.